The molecule has 0 spiro atoms. The summed E-state index contributed by atoms with van der Waals surface area (Å²) < 4.78 is 26.4. The second-order valence-electron chi connectivity index (χ2n) is 5.24. The molecule has 0 saturated heterocycles. The van der Waals surface area contributed by atoms with Crippen LogP contribution >= 0.6 is 23.2 Å². The minimum absolute atomic E-state index is 0.0116. The van der Waals surface area contributed by atoms with Gasteiger partial charge in [-0.15, -0.1) is 23.2 Å². The normalized spacial score (nSPS) is 13.4. The monoisotopic (exact) mass is 392 g/mol. The van der Waals surface area contributed by atoms with Crippen LogP contribution in [0.15, 0.2) is 58.3 Å². The van der Waals surface area contributed by atoms with E-state index < -0.39 is 20.6 Å². The van der Waals surface area contributed by atoms with Crippen molar-refractivity contribution in [2.75, 3.05) is 0 Å². The molecule has 0 amide bonds. The number of alkyl halides is 2. The lowest BCUT2D eigenvalue weighted by molar-refractivity contribution is 0.593. The molecule has 2 unspecified atom stereocenters. The van der Waals surface area contributed by atoms with Crippen LogP contribution in [0.25, 0.3) is 0 Å². The van der Waals surface area contributed by atoms with Gasteiger partial charge in [-0.3, -0.25) is 0 Å². The van der Waals surface area contributed by atoms with Gasteiger partial charge in [-0.1, -0.05) is 36.4 Å². The first-order valence-electron chi connectivity index (χ1n) is 7.38. The molecule has 2 rings (SSSR count). The first-order chi connectivity index (χ1) is 11.9. The lowest BCUT2D eigenvalue weighted by Crippen LogP contribution is -2.10. The van der Waals surface area contributed by atoms with Gasteiger partial charge in [-0.05, 0) is 23.3 Å². The predicted molar refractivity (Wildman–Crippen MR) is 96.0 cm³/mol. The van der Waals surface area contributed by atoms with Crippen molar-refractivity contribution in [1.82, 2.24) is 0 Å². The number of nitrogens with zero attached hydrogens (tertiary/aromatic N) is 2. The van der Waals surface area contributed by atoms with Crippen LogP contribution in [-0.4, -0.2) is 8.42 Å². The Hall–Kier alpha value is -2.05. The fraction of sp³-hybridized carbons (Fsp3) is 0.222. The SMILES string of the molecule is N#CCC(Cl)c1ccccc1S(=O)(=O)c1ccccc1C(Cl)CC#N. The summed E-state index contributed by atoms with van der Waals surface area (Å²) in [7, 11) is -3.91. The molecule has 0 aromatic heterocycles. The number of benzene rings is 2. The van der Waals surface area contributed by atoms with Gasteiger partial charge < -0.3 is 0 Å². The summed E-state index contributed by atoms with van der Waals surface area (Å²) >= 11 is 12.4. The van der Waals surface area contributed by atoms with Gasteiger partial charge in [0, 0.05) is 0 Å². The number of hydrogen-bond acceptors (Lipinski definition) is 4. The Morgan fingerprint density at radius 1 is 0.800 bits per heavy atom. The van der Waals surface area contributed by atoms with Gasteiger partial charge in [0.2, 0.25) is 9.84 Å². The lowest BCUT2D eigenvalue weighted by atomic mass is 10.1. The molecule has 0 aliphatic rings. The van der Waals surface area contributed by atoms with Gasteiger partial charge in [0.05, 0.1) is 45.5 Å². The van der Waals surface area contributed by atoms with Crippen LogP contribution in [0.1, 0.15) is 34.7 Å². The van der Waals surface area contributed by atoms with Gasteiger partial charge in [0.15, 0.2) is 0 Å². The molecule has 25 heavy (non-hydrogen) atoms. The van der Waals surface area contributed by atoms with E-state index in [1.165, 1.54) is 12.1 Å². The van der Waals surface area contributed by atoms with Crippen molar-refractivity contribution < 1.29 is 8.42 Å². The molecule has 0 aliphatic carbocycles. The summed E-state index contributed by atoms with van der Waals surface area (Å²) in [4.78, 5) is 0.0806. The molecule has 128 valence electrons. The molecule has 0 bridgehead atoms. The van der Waals surface area contributed by atoms with Crippen molar-refractivity contribution in [3.05, 3.63) is 59.7 Å². The minimum Gasteiger partial charge on any atom is -0.218 e. The van der Waals surface area contributed by atoms with Crippen molar-refractivity contribution >= 4 is 33.0 Å². The summed E-state index contributed by atoms with van der Waals surface area (Å²) in [6.45, 7) is 0. The molecule has 0 fully saturated rings. The Balaban J connectivity index is 2.63. The van der Waals surface area contributed by atoms with Gasteiger partial charge in [-0.2, -0.15) is 10.5 Å². The number of sulfone groups is 1. The smallest absolute Gasteiger partial charge is 0.207 e. The number of hydrogen-bond donors (Lipinski definition) is 0. The van der Waals surface area contributed by atoms with E-state index in [0.717, 1.165) is 0 Å². The molecule has 7 heteroatoms. The summed E-state index contributed by atoms with van der Waals surface area (Å²) in [6.07, 6.45) is -0.0232. The van der Waals surface area contributed by atoms with Crippen LogP contribution in [0.3, 0.4) is 0 Å². The topological polar surface area (TPSA) is 81.7 Å². The van der Waals surface area contributed by atoms with Gasteiger partial charge >= 0.3 is 0 Å². The van der Waals surface area contributed by atoms with Crippen molar-refractivity contribution in [2.45, 2.75) is 33.4 Å². The van der Waals surface area contributed by atoms with Crippen molar-refractivity contribution in [3.8, 4) is 12.1 Å². The predicted octanol–water partition coefficient (Wildman–Crippen LogP) is 4.91. The minimum atomic E-state index is -3.91. The van der Waals surface area contributed by atoms with Crippen molar-refractivity contribution in [3.63, 3.8) is 0 Å². The Morgan fingerprint density at radius 3 is 1.52 bits per heavy atom. The molecule has 0 aliphatic heterocycles. The van der Waals surface area contributed by atoms with Gasteiger partial charge in [0.25, 0.3) is 0 Å². The highest BCUT2D eigenvalue weighted by Crippen LogP contribution is 2.36. The van der Waals surface area contributed by atoms with E-state index in [9.17, 15) is 8.42 Å². The van der Waals surface area contributed by atoms with Crippen molar-refractivity contribution in [1.29, 1.82) is 10.5 Å². The summed E-state index contributed by atoms with van der Waals surface area (Å²) in [5.74, 6) is 0. The number of nitriles is 2. The number of halogens is 2. The van der Waals surface area contributed by atoms with E-state index in [-0.39, 0.29) is 22.6 Å². The Labute approximate surface area is 157 Å². The van der Waals surface area contributed by atoms with E-state index in [1.807, 2.05) is 12.1 Å². The van der Waals surface area contributed by atoms with Crippen LogP contribution < -0.4 is 0 Å². The van der Waals surface area contributed by atoms with Crippen LogP contribution in [0, 0.1) is 22.7 Å². The van der Waals surface area contributed by atoms with Crippen LogP contribution in [-0.2, 0) is 9.84 Å². The highest BCUT2D eigenvalue weighted by Gasteiger charge is 2.28. The molecule has 2 aromatic carbocycles. The Bertz CT molecular complexity index is 875. The molecule has 2 atom stereocenters. The first-order valence-corrected chi connectivity index (χ1v) is 9.74. The average molecular weight is 393 g/mol. The highest BCUT2D eigenvalue weighted by atomic mass is 35.5. The fourth-order valence-corrected chi connectivity index (χ4v) is 4.91. The van der Waals surface area contributed by atoms with Crippen LogP contribution in [0.5, 0.6) is 0 Å². The molecule has 4 nitrogen and oxygen atoms in total. The molecular formula is C18H14Cl2N2O2S. The number of rotatable bonds is 6. The quantitative estimate of drug-likeness (QED) is 0.653. The molecule has 2 aromatic rings. The average Bonchev–Trinajstić information content (AvgIpc) is 2.62. The third kappa shape index (κ3) is 4.14. The highest BCUT2D eigenvalue weighted by molar-refractivity contribution is 7.91. The van der Waals surface area contributed by atoms with E-state index in [1.54, 1.807) is 36.4 Å². The maximum atomic E-state index is 13.2. The maximum absolute atomic E-state index is 13.2. The van der Waals surface area contributed by atoms with E-state index in [2.05, 4.69) is 0 Å². The zero-order chi connectivity index (χ0) is 18.4. The maximum Gasteiger partial charge on any atom is 0.207 e. The third-order valence-corrected chi connectivity index (χ3v) is 6.31. The van der Waals surface area contributed by atoms with E-state index >= 15 is 0 Å². The second kappa shape index (κ2) is 8.36. The van der Waals surface area contributed by atoms with Crippen molar-refractivity contribution in [2.24, 2.45) is 0 Å². The summed E-state index contributed by atoms with van der Waals surface area (Å²) in [6, 6.07) is 16.6. The molecule has 0 N–H and O–H groups in total. The standard InChI is InChI=1S/C18H14Cl2N2O2S/c19-15(9-11-21)13-5-1-3-7-17(13)25(23,24)18-8-4-2-6-14(18)16(20)10-12-22/h1-8,15-16H,9-10H2. The molecule has 0 heterocycles. The third-order valence-electron chi connectivity index (χ3n) is 3.63. The fourth-order valence-electron chi connectivity index (χ4n) is 2.47. The van der Waals surface area contributed by atoms with E-state index in [4.69, 9.17) is 33.7 Å². The largest absolute Gasteiger partial charge is 0.218 e. The molecule has 0 radical (unpaired) electrons. The lowest BCUT2D eigenvalue weighted by Gasteiger charge is -2.16. The van der Waals surface area contributed by atoms with Crippen LogP contribution in [0.2, 0.25) is 0 Å². The zero-order valence-electron chi connectivity index (χ0n) is 13.1. The van der Waals surface area contributed by atoms with Gasteiger partial charge in [0.1, 0.15) is 0 Å². The molecular weight excluding hydrogens is 379 g/mol. The molecule has 0 saturated carbocycles. The zero-order valence-corrected chi connectivity index (χ0v) is 15.4. The van der Waals surface area contributed by atoms with Gasteiger partial charge in [-0.25, -0.2) is 8.42 Å². The first kappa shape index (κ1) is 19.3. The second-order valence-corrected chi connectivity index (χ2v) is 8.18. The van der Waals surface area contributed by atoms with E-state index in [0.29, 0.717) is 11.1 Å². The summed E-state index contributed by atoms with van der Waals surface area (Å²) in [5, 5.41) is 16.2. The summed E-state index contributed by atoms with van der Waals surface area (Å²) in [5.41, 5.74) is 0.735. The Kier molecular flexibility index (Phi) is 6.45. The van der Waals surface area contributed by atoms with Crippen LogP contribution in [0.4, 0.5) is 0 Å². The Morgan fingerprint density at radius 2 is 1.16 bits per heavy atom.